The van der Waals surface area contributed by atoms with Crippen molar-refractivity contribution >= 4 is 11.3 Å². The van der Waals surface area contributed by atoms with Crippen LogP contribution in [0.1, 0.15) is 36.1 Å². The first-order chi connectivity index (χ1) is 6.65. The predicted molar refractivity (Wildman–Crippen MR) is 64.9 cm³/mol. The van der Waals surface area contributed by atoms with Crippen LogP contribution in [0.4, 0.5) is 0 Å². The lowest BCUT2D eigenvalue weighted by Gasteiger charge is -2.16. The molecule has 1 unspecified atom stereocenters. The van der Waals surface area contributed by atoms with E-state index in [9.17, 15) is 0 Å². The minimum Gasteiger partial charge on any atom is -0.306 e. The molecule has 1 nitrogen and oxygen atoms in total. The predicted octanol–water partition coefficient (Wildman–Crippen LogP) is 3.67. The molecule has 0 aliphatic heterocycles. The Balaban J connectivity index is 2.72. The van der Waals surface area contributed by atoms with Gasteiger partial charge in [0.2, 0.25) is 0 Å². The summed E-state index contributed by atoms with van der Waals surface area (Å²) in [7, 11) is 0. The Bertz CT molecular complexity index is 301. The van der Waals surface area contributed by atoms with Gasteiger partial charge < -0.3 is 5.32 Å². The Labute approximate surface area is 90.9 Å². The highest BCUT2D eigenvalue weighted by Gasteiger charge is 2.12. The Morgan fingerprint density at radius 3 is 2.71 bits per heavy atom. The number of aryl methyl sites for hydroxylation is 1. The Morgan fingerprint density at radius 1 is 1.57 bits per heavy atom. The molecular formula is C12H19NS. The molecule has 1 rings (SSSR count). The van der Waals surface area contributed by atoms with Crippen molar-refractivity contribution in [3.05, 3.63) is 34.0 Å². The molecule has 1 heterocycles. The first-order valence-electron chi connectivity index (χ1n) is 5.10. The Hall–Kier alpha value is -0.600. The van der Waals surface area contributed by atoms with Crippen molar-refractivity contribution in [1.29, 1.82) is 0 Å². The van der Waals surface area contributed by atoms with E-state index in [2.05, 4.69) is 44.8 Å². The number of nitrogens with one attached hydrogen (secondary N) is 1. The van der Waals surface area contributed by atoms with Gasteiger partial charge in [-0.1, -0.05) is 19.1 Å². The normalized spacial score (nSPS) is 12.8. The van der Waals surface area contributed by atoms with Gasteiger partial charge >= 0.3 is 0 Å². The minimum absolute atomic E-state index is 0.341. The van der Waals surface area contributed by atoms with Crippen LogP contribution in [0.5, 0.6) is 0 Å². The smallest absolute Gasteiger partial charge is 0.0625 e. The first kappa shape index (κ1) is 11.5. The summed E-state index contributed by atoms with van der Waals surface area (Å²) >= 11 is 1.85. The van der Waals surface area contributed by atoms with Crippen LogP contribution in [-0.4, -0.2) is 6.54 Å². The molecule has 0 aliphatic carbocycles. The molecule has 0 radical (unpaired) electrons. The van der Waals surface area contributed by atoms with Crippen molar-refractivity contribution in [3.8, 4) is 0 Å². The summed E-state index contributed by atoms with van der Waals surface area (Å²) in [5.41, 5.74) is 1.19. The van der Waals surface area contributed by atoms with Gasteiger partial charge in [0, 0.05) is 9.75 Å². The number of thiophene rings is 1. The van der Waals surface area contributed by atoms with E-state index in [1.54, 1.807) is 0 Å². The van der Waals surface area contributed by atoms with E-state index in [1.165, 1.54) is 15.3 Å². The maximum Gasteiger partial charge on any atom is 0.0625 e. The first-order valence-corrected chi connectivity index (χ1v) is 5.92. The van der Waals surface area contributed by atoms with E-state index in [0.717, 1.165) is 13.0 Å². The molecule has 0 spiro atoms. The SMILES string of the molecule is C=C(C)C(NCCC)c1ccc(C)s1. The summed E-state index contributed by atoms with van der Waals surface area (Å²) in [4.78, 5) is 2.74. The molecule has 0 aromatic carbocycles. The summed E-state index contributed by atoms with van der Waals surface area (Å²) in [5, 5.41) is 3.51. The number of hydrogen-bond donors (Lipinski definition) is 1. The third-order valence-electron chi connectivity index (χ3n) is 2.14. The van der Waals surface area contributed by atoms with E-state index < -0.39 is 0 Å². The number of hydrogen-bond acceptors (Lipinski definition) is 2. The molecule has 0 amide bonds. The Kier molecular flexibility index (Phi) is 4.36. The third-order valence-corrected chi connectivity index (χ3v) is 3.20. The molecular weight excluding hydrogens is 190 g/mol. The van der Waals surface area contributed by atoms with Gasteiger partial charge in [0.05, 0.1) is 6.04 Å². The van der Waals surface area contributed by atoms with Gasteiger partial charge in [0.1, 0.15) is 0 Å². The average molecular weight is 209 g/mol. The van der Waals surface area contributed by atoms with Crippen molar-refractivity contribution in [2.75, 3.05) is 6.54 Å². The van der Waals surface area contributed by atoms with Crippen LogP contribution >= 0.6 is 11.3 Å². The van der Waals surface area contributed by atoms with E-state index >= 15 is 0 Å². The van der Waals surface area contributed by atoms with E-state index in [-0.39, 0.29) is 0 Å². The van der Waals surface area contributed by atoms with Gasteiger partial charge in [-0.2, -0.15) is 0 Å². The zero-order valence-corrected chi connectivity index (χ0v) is 10.1. The zero-order valence-electron chi connectivity index (χ0n) is 9.26. The van der Waals surface area contributed by atoms with Gasteiger partial charge in [-0.3, -0.25) is 0 Å². The second-order valence-corrected chi connectivity index (χ2v) is 5.00. The van der Waals surface area contributed by atoms with Crippen molar-refractivity contribution in [1.82, 2.24) is 5.32 Å². The van der Waals surface area contributed by atoms with Crippen LogP contribution in [0.15, 0.2) is 24.3 Å². The number of rotatable bonds is 5. The molecule has 0 fully saturated rings. The van der Waals surface area contributed by atoms with E-state index in [0.29, 0.717) is 6.04 Å². The highest BCUT2D eigenvalue weighted by atomic mass is 32.1. The van der Waals surface area contributed by atoms with Crippen LogP contribution in [0.3, 0.4) is 0 Å². The fraction of sp³-hybridized carbons (Fsp3) is 0.500. The lowest BCUT2D eigenvalue weighted by molar-refractivity contribution is 0.598. The minimum atomic E-state index is 0.341. The second-order valence-electron chi connectivity index (χ2n) is 3.68. The van der Waals surface area contributed by atoms with Crippen molar-refractivity contribution in [3.63, 3.8) is 0 Å². The third kappa shape index (κ3) is 2.96. The molecule has 1 aromatic heterocycles. The largest absolute Gasteiger partial charge is 0.306 e. The van der Waals surface area contributed by atoms with Crippen molar-refractivity contribution < 1.29 is 0 Å². The molecule has 1 N–H and O–H groups in total. The summed E-state index contributed by atoms with van der Waals surface area (Å²) < 4.78 is 0. The van der Waals surface area contributed by atoms with Gasteiger partial charge in [-0.05, 0) is 38.9 Å². The standard InChI is InChI=1S/C12H19NS/c1-5-8-13-12(9(2)3)11-7-6-10(4)14-11/h6-7,12-13H,2,5,8H2,1,3-4H3. The fourth-order valence-corrected chi connectivity index (χ4v) is 2.46. The highest BCUT2D eigenvalue weighted by molar-refractivity contribution is 7.12. The van der Waals surface area contributed by atoms with Crippen LogP contribution in [0, 0.1) is 6.92 Å². The van der Waals surface area contributed by atoms with Gasteiger partial charge in [-0.25, -0.2) is 0 Å². The summed E-state index contributed by atoms with van der Waals surface area (Å²) in [6.07, 6.45) is 1.16. The molecule has 0 aliphatic rings. The maximum atomic E-state index is 4.04. The zero-order chi connectivity index (χ0) is 10.6. The topological polar surface area (TPSA) is 12.0 Å². The average Bonchev–Trinajstić information content (AvgIpc) is 2.52. The molecule has 0 bridgehead atoms. The van der Waals surface area contributed by atoms with Crippen LogP contribution in [0.2, 0.25) is 0 Å². The molecule has 0 saturated heterocycles. The second kappa shape index (κ2) is 5.32. The van der Waals surface area contributed by atoms with Crippen LogP contribution in [-0.2, 0) is 0 Å². The fourth-order valence-electron chi connectivity index (χ4n) is 1.41. The quantitative estimate of drug-likeness (QED) is 0.730. The molecule has 2 heteroatoms. The molecule has 1 aromatic rings. The van der Waals surface area contributed by atoms with Crippen LogP contribution < -0.4 is 5.32 Å². The van der Waals surface area contributed by atoms with Gasteiger partial charge in [0.25, 0.3) is 0 Å². The van der Waals surface area contributed by atoms with Gasteiger partial charge in [-0.15, -0.1) is 11.3 Å². The molecule has 1 atom stereocenters. The van der Waals surface area contributed by atoms with Crippen molar-refractivity contribution in [2.24, 2.45) is 0 Å². The van der Waals surface area contributed by atoms with E-state index in [1.807, 2.05) is 11.3 Å². The lowest BCUT2D eigenvalue weighted by Crippen LogP contribution is -2.21. The Morgan fingerprint density at radius 2 is 2.29 bits per heavy atom. The monoisotopic (exact) mass is 209 g/mol. The molecule has 0 saturated carbocycles. The molecule has 78 valence electrons. The summed E-state index contributed by atoms with van der Waals surface area (Å²) in [6, 6.07) is 4.71. The lowest BCUT2D eigenvalue weighted by atomic mass is 10.1. The summed E-state index contributed by atoms with van der Waals surface area (Å²) in [5.74, 6) is 0. The van der Waals surface area contributed by atoms with Crippen molar-refractivity contribution in [2.45, 2.75) is 33.2 Å². The van der Waals surface area contributed by atoms with Gasteiger partial charge in [0.15, 0.2) is 0 Å². The highest BCUT2D eigenvalue weighted by Crippen LogP contribution is 2.26. The van der Waals surface area contributed by atoms with Crippen LogP contribution in [0.25, 0.3) is 0 Å². The molecule has 14 heavy (non-hydrogen) atoms. The maximum absolute atomic E-state index is 4.04. The summed E-state index contributed by atoms with van der Waals surface area (Å²) in [6.45, 7) is 11.5. The van der Waals surface area contributed by atoms with E-state index in [4.69, 9.17) is 0 Å².